The number of nitrogens with one attached hydrogen (secondary N) is 1. The van der Waals surface area contributed by atoms with E-state index in [4.69, 9.17) is 4.52 Å². The number of hydrogen-bond acceptors (Lipinski definition) is 4. The summed E-state index contributed by atoms with van der Waals surface area (Å²) in [7, 11) is 0. The molecule has 100 valence electrons. The van der Waals surface area contributed by atoms with E-state index in [1.807, 2.05) is 17.5 Å². The number of amides is 1. The van der Waals surface area contributed by atoms with Crippen LogP contribution in [0.4, 0.5) is 10.3 Å². The van der Waals surface area contributed by atoms with Crippen molar-refractivity contribution in [3.63, 3.8) is 0 Å². The fourth-order valence-electron chi connectivity index (χ4n) is 1.70. The summed E-state index contributed by atoms with van der Waals surface area (Å²) in [6.07, 6.45) is 0. The molecule has 20 heavy (non-hydrogen) atoms. The quantitative estimate of drug-likeness (QED) is 0.797. The molecule has 0 unspecified atom stereocenters. The monoisotopic (exact) mass is 288 g/mol. The third-order valence-corrected chi connectivity index (χ3v) is 3.53. The van der Waals surface area contributed by atoms with Gasteiger partial charge in [0, 0.05) is 6.07 Å². The average Bonchev–Trinajstić information content (AvgIpc) is 3.09. The molecule has 2 aromatic heterocycles. The summed E-state index contributed by atoms with van der Waals surface area (Å²) in [6.45, 7) is 0. The Hall–Kier alpha value is -2.47. The third-order valence-electron chi connectivity index (χ3n) is 2.64. The Balaban J connectivity index is 1.79. The van der Waals surface area contributed by atoms with Gasteiger partial charge in [-0.2, -0.15) is 0 Å². The lowest BCUT2D eigenvalue weighted by atomic mass is 10.2. The van der Waals surface area contributed by atoms with Gasteiger partial charge in [0.15, 0.2) is 0 Å². The van der Waals surface area contributed by atoms with Crippen molar-refractivity contribution >= 4 is 23.1 Å². The molecule has 3 rings (SSSR count). The van der Waals surface area contributed by atoms with Gasteiger partial charge >= 0.3 is 0 Å². The first-order valence-electron chi connectivity index (χ1n) is 5.80. The van der Waals surface area contributed by atoms with Gasteiger partial charge in [-0.15, -0.1) is 11.3 Å². The molecule has 0 fully saturated rings. The van der Waals surface area contributed by atoms with Crippen molar-refractivity contribution in [2.24, 2.45) is 0 Å². The van der Waals surface area contributed by atoms with Gasteiger partial charge in [0.1, 0.15) is 11.5 Å². The van der Waals surface area contributed by atoms with Crippen molar-refractivity contribution in [2.45, 2.75) is 0 Å². The fourth-order valence-corrected chi connectivity index (χ4v) is 2.38. The molecule has 6 heteroatoms. The Labute approximate surface area is 117 Å². The summed E-state index contributed by atoms with van der Waals surface area (Å²) in [5, 5.41) is 8.25. The Bertz CT molecular complexity index is 737. The molecule has 0 aliphatic rings. The first-order chi connectivity index (χ1) is 9.74. The van der Waals surface area contributed by atoms with Crippen LogP contribution in [0.2, 0.25) is 0 Å². The SMILES string of the molecule is O=C(Nc1cc(-c2cccs2)no1)c1ccccc1F. The number of rotatable bonds is 3. The van der Waals surface area contributed by atoms with Crippen LogP contribution in [0.3, 0.4) is 0 Å². The van der Waals surface area contributed by atoms with Crippen molar-refractivity contribution in [1.82, 2.24) is 5.16 Å². The minimum atomic E-state index is -0.581. The van der Waals surface area contributed by atoms with E-state index in [0.29, 0.717) is 5.69 Å². The summed E-state index contributed by atoms with van der Waals surface area (Å²) in [6, 6.07) is 11.1. The lowest BCUT2D eigenvalue weighted by Crippen LogP contribution is -2.13. The van der Waals surface area contributed by atoms with E-state index in [0.717, 1.165) is 4.88 Å². The second-order valence-corrected chi connectivity index (χ2v) is 4.94. The number of hydrogen-bond donors (Lipinski definition) is 1. The van der Waals surface area contributed by atoms with Crippen LogP contribution in [0.5, 0.6) is 0 Å². The van der Waals surface area contributed by atoms with E-state index in [1.165, 1.54) is 29.5 Å². The molecule has 2 heterocycles. The second kappa shape index (κ2) is 5.26. The zero-order valence-electron chi connectivity index (χ0n) is 10.2. The predicted molar refractivity (Wildman–Crippen MR) is 74.2 cm³/mol. The zero-order chi connectivity index (χ0) is 13.9. The number of anilines is 1. The van der Waals surface area contributed by atoms with Crippen LogP contribution in [0, 0.1) is 5.82 Å². The number of carbonyl (C=O) groups excluding carboxylic acids is 1. The topological polar surface area (TPSA) is 55.1 Å². The van der Waals surface area contributed by atoms with E-state index in [2.05, 4.69) is 10.5 Å². The molecule has 1 amide bonds. The van der Waals surface area contributed by atoms with Crippen molar-refractivity contribution in [1.29, 1.82) is 0 Å². The summed E-state index contributed by atoms with van der Waals surface area (Å²) >= 11 is 1.51. The maximum atomic E-state index is 13.5. The van der Waals surface area contributed by atoms with Gasteiger partial charge in [-0.1, -0.05) is 23.4 Å². The molecule has 0 radical (unpaired) electrons. The Morgan fingerprint density at radius 1 is 1.25 bits per heavy atom. The fraction of sp³-hybridized carbons (Fsp3) is 0. The van der Waals surface area contributed by atoms with Crippen LogP contribution in [0.25, 0.3) is 10.6 Å². The highest BCUT2D eigenvalue weighted by Gasteiger charge is 2.14. The van der Waals surface area contributed by atoms with E-state index >= 15 is 0 Å². The highest BCUT2D eigenvalue weighted by Crippen LogP contribution is 2.26. The van der Waals surface area contributed by atoms with Crippen molar-refractivity contribution in [2.75, 3.05) is 5.32 Å². The van der Waals surface area contributed by atoms with Crippen molar-refractivity contribution < 1.29 is 13.7 Å². The lowest BCUT2D eigenvalue weighted by molar-refractivity contribution is 0.102. The van der Waals surface area contributed by atoms with Crippen LogP contribution >= 0.6 is 11.3 Å². The lowest BCUT2D eigenvalue weighted by Gasteiger charge is -2.01. The van der Waals surface area contributed by atoms with E-state index < -0.39 is 11.7 Å². The van der Waals surface area contributed by atoms with Crippen LogP contribution in [0.1, 0.15) is 10.4 Å². The van der Waals surface area contributed by atoms with E-state index in [1.54, 1.807) is 12.1 Å². The largest absolute Gasteiger partial charge is 0.338 e. The van der Waals surface area contributed by atoms with Crippen LogP contribution < -0.4 is 5.32 Å². The first-order valence-corrected chi connectivity index (χ1v) is 6.68. The van der Waals surface area contributed by atoms with Gasteiger partial charge in [0.05, 0.1) is 10.4 Å². The summed E-state index contributed by atoms with van der Waals surface area (Å²) in [5.41, 5.74) is 0.588. The molecule has 0 aliphatic carbocycles. The Kier molecular flexibility index (Phi) is 3.30. The average molecular weight is 288 g/mol. The van der Waals surface area contributed by atoms with Gasteiger partial charge in [-0.3, -0.25) is 10.1 Å². The number of carbonyl (C=O) groups is 1. The molecule has 0 atom stereocenters. The molecule has 1 aromatic carbocycles. The molecule has 4 nitrogen and oxygen atoms in total. The summed E-state index contributed by atoms with van der Waals surface area (Å²) in [5.74, 6) is -0.971. The smallest absolute Gasteiger partial charge is 0.261 e. The maximum Gasteiger partial charge on any atom is 0.261 e. The molecular weight excluding hydrogens is 279 g/mol. The molecule has 0 spiro atoms. The Morgan fingerprint density at radius 3 is 2.85 bits per heavy atom. The van der Waals surface area contributed by atoms with Crippen LogP contribution in [-0.4, -0.2) is 11.1 Å². The zero-order valence-corrected chi connectivity index (χ0v) is 11.0. The van der Waals surface area contributed by atoms with Crippen LogP contribution in [-0.2, 0) is 0 Å². The predicted octanol–water partition coefficient (Wildman–Crippen LogP) is 3.79. The summed E-state index contributed by atoms with van der Waals surface area (Å²) < 4.78 is 18.5. The highest BCUT2D eigenvalue weighted by molar-refractivity contribution is 7.13. The van der Waals surface area contributed by atoms with Crippen molar-refractivity contribution in [3.05, 3.63) is 59.2 Å². The molecular formula is C14H9FN2O2S. The third kappa shape index (κ3) is 2.46. The highest BCUT2D eigenvalue weighted by atomic mass is 32.1. The van der Waals surface area contributed by atoms with Gasteiger partial charge in [-0.05, 0) is 23.6 Å². The number of aromatic nitrogens is 1. The number of halogens is 1. The van der Waals surface area contributed by atoms with E-state index in [9.17, 15) is 9.18 Å². The normalized spacial score (nSPS) is 10.4. The summed E-state index contributed by atoms with van der Waals surface area (Å²) in [4.78, 5) is 12.8. The van der Waals surface area contributed by atoms with Gasteiger partial charge in [0.2, 0.25) is 5.88 Å². The van der Waals surface area contributed by atoms with Gasteiger partial charge < -0.3 is 4.52 Å². The molecule has 1 N–H and O–H groups in total. The van der Waals surface area contributed by atoms with Crippen molar-refractivity contribution in [3.8, 4) is 10.6 Å². The van der Waals surface area contributed by atoms with Gasteiger partial charge in [0.25, 0.3) is 5.91 Å². The first kappa shape index (κ1) is 12.6. The molecule has 3 aromatic rings. The minimum Gasteiger partial charge on any atom is -0.338 e. The van der Waals surface area contributed by atoms with Gasteiger partial charge in [-0.25, -0.2) is 4.39 Å². The Morgan fingerprint density at radius 2 is 2.10 bits per heavy atom. The van der Waals surface area contributed by atoms with Crippen LogP contribution in [0.15, 0.2) is 52.4 Å². The number of benzene rings is 1. The molecule has 0 saturated heterocycles. The van der Waals surface area contributed by atoms with E-state index in [-0.39, 0.29) is 11.4 Å². The maximum absolute atomic E-state index is 13.5. The molecule has 0 aliphatic heterocycles. The number of thiophene rings is 1. The number of nitrogens with zero attached hydrogens (tertiary/aromatic N) is 1. The molecule has 0 saturated carbocycles. The molecule has 0 bridgehead atoms. The minimum absolute atomic E-state index is 0.0402. The second-order valence-electron chi connectivity index (χ2n) is 3.99. The standard InChI is InChI=1S/C14H9FN2O2S/c15-10-5-2-1-4-9(10)14(18)16-13-8-11(17-19-13)12-6-3-7-20-12/h1-8H,(H,16,18).